The Balaban J connectivity index is 1.81. The Morgan fingerprint density at radius 3 is 2.48 bits per heavy atom. The summed E-state index contributed by atoms with van der Waals surface area (Å²) in [6.45, 7) is 6.62. The standard InChI is InChI=1S/C20H26N4O/c1-16-13-19(22-17(2)21-16)24(14-18-9-5-3-6-10-18)15-20(25)23-11-7-4-8-12-23/h3,5-6,9-10,13H,4,7-8,11-12,14-15H2,1-2H3. The molecular formula is C20H26N4O. The monoisotopic (exact) mass is 338 g/mol. The first-order valence-corrected chi connectivity index (χ1v) is 9.01. The molecule has 1 amide bonds. The van der Waals surface area contributed by atoms with Crippen LogP contribution in [0, 0.1) is 13.8 Å². The molecule has 1 aromatic heterocycles. The van der Waals surface area contributed by atoms with Crippen LogP contribution >= 0.6 is 0 Å². The Kier molecular flexibility index (Phi) is 5.64. The van der Waals surface area contributed by atoms with Gasteiger partial charge in [-0.1, -0.05) is 30.3 Å². The van der Waals surface area contributed by atoms with Crippen molar-refractivity contribution < 1.29 is 4.79 Å². The quantitative estimate of drug-likeness (QED) is 0.840. The molecule has 5 heteroatoms. The first-order valence-electron chi connectivity index (χ1n) is 9.01. The third kappa shape index (κ3) is 4.78. The molecule has 0 spiro atoms. The normalized spacial score (nSPS) is 14.4. The van der Waals surface area contributed by atoms with E-state index in [9.17, 15) is 4.79 Å². The van der Waals surface area contributed by atoms with E-state index < -0.39 is 0 Å². The van der Waals surface area contributed by atoms with Crippen LogP contribution in [0.1, 0.15) is 36.3 Å². The highest BCUT2D eigenvalue weighted by molar-refractivity contribution is 5.81. The van der Waals surface area contributed by atoms with Gasteiger partial charge in [0, 0.05) is 31.4 Å². The minimum Gasteiger partial charge on any atom is -0.343 e. The van der Waals surface area contributed by atoms with Gasteiger partial charge in [0.1, 0.15) is 11.6 Å². The van der Waals surface area contributed by atoms with Crippen LogP contribution < -0.4 is 4.90 Å². The number of carbonyl (C=O) groups is 1. The number of likely N-dealkylation sites (tertiary alicyclic amines) is 1. The number of amides is 1. The highest BCUT2D eigenvalue weighted by atomic mass is 16.2. The van der Waals surface area contributed by atoms with Crippen molar-refractivity contribution in [2.75, 3.05) is 24.5 Å². The minimum absolute atomic E-state index is 0.185. The van der Waals surface area contributed by atoms with Crippen molar-refractivity contribution in [2.24, 2.45) is 0 Å². The fraction of sp³-hybridized carbons (Fsp3) is 0.450. The van der Waals surface area contributed by atoms with E-state index in [1.807, 2.05) is 43.0 Å². The molecule has 0 radical (unpaired) electrons. The summed E-state index contributed by atoms with van der Waals surface area (Å²) >= 11 is 0. The maximum Gasteiger partial charge on any atom is 0.242 e. The number of aromatic nitrogens is 2. The Morgan fingerprint density at radius 2 is 1.80 bits per heavy atom. The Labute approximate surface area is 149 Å². The lowest BCUT2D eigenvalue weighted by Gasteiger charge is -2.30. The van der Waals surface area contributed by atoms with E-state index in [1.165, 1.54) is 12.0 Å². The molecule has 3 rings (SSSR count). The van der Waals surface area contributed by atoms with E-state index in [1.54, 1.807) is 0 Å². The minimum atomic E-state index is 0.185. The summed E-state index contributed by atoms with van der Waals surface area (Å²) in [5.74, 6) is 1.74. The van der Waals surface area contributed by atoms with Crippen LogP contribution in [0.5, 0.6) is 0 Å². The van der Waals surface area contributed by atoms with Gasteiger partial charge in [0.15, 0.2) is 0 Å². The second kappa shape index (κ2) is 8.10. The number of benzene rings is 1. The number of rotatable bonds is 5. The molecule has 0 N–H and O–H groups in total. The van der Waals surface area contributed by atoms with Crippen LogP contribution in [0.25, 0.3) is 0 Å². The van der Waals surface area contributed by atoms with Crippen molar-refractivity contribution in [3.63, 3.8) is 0 Å². The lowest BCUT2D eigenvalue weighted by Crippen LogP contribution is -2.43. The second-order valence-electron chi connectivity index (χ2n) is 6.70. The molecule has 1 fully saturated rings. The van der Waals surface area contributed by atoms with Gasteiger partial charge >= 0.3 is 0 Å². The lowest BCUT2D eigenvalue weighted by molar-refractivity contribution is -0.130. The van der Waals surface area contributed by atoms with Crippen LogP contribution in [0.15, 0.2) is 36.4 Å². The maximum atomic E-state index is 12.8. The van der Waals surface area contributed by atoms with Crippen LogP contribution in [0.2, 0.25) is 0 Å². The summed E-state index contributed by atoms with van der Waals surface area (Å²) in [7, 11) is 0. The van der Waals surface area contributed by atoms with Crippen molar-refractivity contribution >= 4 is 11.7 Å². The van der Waals surface area contributed by atoms with Gasteiger partial charge in [-0.05, 0) is 38.7 Å². The topological polar surface area (TPSA) is 49.3 Å². The summed E-state index contributed by atoms with van der Waals surface area (Å²) in [5.41, 5.74) is 2.09. The van der Waals surface area contributed by atoms with Crippen molar-refractivity contribution in [1.29, 1.82) is 0 Å². The van der Waals surface area contributed by atoms with Crippen molar-refractivity contribution in [2.45, 2.75) is 39.7 Å². The number of nitrogens with zero attached hydrogens (tertiary/aromatic N) is 4. The zero-order valence-electron chi connectivity index (χ0n) is 15.1. The molecule has 2 heterocycles. The molecule has 0 saturated carbocycles. The fourth-order valence-corrected chi connectivity index (χ4v) is 3.29. The van der Waals surface area contributed by atoms with Gasteiger partial charge in [-0.3, -0.25) is 4.79 Å². The number of carbonyl (C=O) groups excluding carboxylic acids is 1. The second-order valence-corrected chi connectivity index (χ2v) is 6.70. The predicted molar refractivity (Wildman–Crippen MR) is 99.4 cm³/mol. The van der Waals surface area contributed by atoms with Gasteiger partial charge in [0.25, 0.3) is 0 Å². The number of aryl methyl sites for hydroxylation is 2. The van der Waals surface area contributed by atoms with Crippen LogP contribution in [-0.4, -0.2) is 40.4 Å². The summed E-state index contributed by atoms with van der Waals surface area (Å²) in [6.07, 6.45) is 3.44. The Morgan fingerprint density at radius 1 is 1.08 bits per heavy atom. The van der Waals surface area contributed by atoms with Gasteiger partial charge in [0.05, 0.1) is 6.54 Å². The summed E-state index contributed by atoms with van der Waals surface area (Å²) in [5, 5.41) is 0. The van der Waals surface area contributed by atoms with Gasteiger partial charge in [-0.15, -0.1) is 0 Å². The van der Waals surface area contributed by atoms with Crippen LogP contribution in [-0.2, 0) is 11.3 Å². The zero-order chi connectivity index (χ0) is 17.6. The Hall–Kier alpha value is -2.43. The molecule has 0 aliphatic carbocycles. The molecule has 132 valence electrons. The molecule has 1 saturated heterocycles. The first-order chi connectivity index (χ1) is 12.1. The largest absolute Gasteiger partial charge is 0.343 e. The first kappa shape index (κ1) is 17.4. The van der Waals surface area contributed by atoms with E-state index in [-0.39, 0.29) is 5.91 Å². The van der Waals surface area contributed by atoms with E-state index in [2.05, 4.69) is 27.0 Å². The SMILES string of the molecule is Cc1cc(N(CC(=O)N2CCCCC2)Cc2ccccc2)nc(C)n1. The number of piperidine rings is 1. The molecule has 0 atom stereocenters. The molecule has 1 aromatic carbocycles. The smallest absolute Gasteiger partial charge is 0.242 e. The van der Waals surface area contributed by atoms with Crippen molar-refractivity contribution in [1.82, 2.24) is 14.9 Å². The van der Waals surface area contributed by atoms with Gasteiger partial charge in [0.2, 0.25) is 5.91 Å². The molecule has 25 heavy (non-hydrogen) atoms. The molecule has 1 aliphatic heterocycles. The van der Waals surface area contributed by atoms with E-state index >= 15 is 0 Å². The molecular weight excluding hydrogens is 312 g/mol. The van der Waals surface area contributed by atoms with Gasteiger partial charge < -0.3 is 9.80 Å². The molecule has 1 aliphatic rings. The van der Waals surface area contributed by atoms with Gasteiger partial charge in [-0.25, -0.2) is 9.97 Å². The molecule has 0 unspecified atom stereocenters. The molecule has 0 bridgehead atoms. The number of anilines is 1. The highest BCUT2D eigenvalue weighted by Crippen LogP contribution is 2.17. The van der Waals surface area contributed by atoms with E-state index in [0.717, 1.165) is 43.3 Å². The average molecular weight is 338 g/mol. The van der Waals surface area contributed by atoms with Crippen molar-refractivity contribution in [3.05, 3.63) is 53.5 Å². The molecule has 2 aromatic rings. The third-order valence-corrected chi connectivity index (χ3v) is 4.53. The average Bonchev–Trinajstić information content (AvgIpc) is 2.62. The van der Waals surface area contributed by atoms with E-state index in [0.29, 0.717) is 13.1 Å². The summed E-state index contributed by atoms with van der Waals surface area (Å²) in [4.78, 5) is 25.8. The molecule has 5 nitrogen and oxygen atoms in total. The predicted octanol–water partition coefficient (Wildman–Crippen LogP) is 3.11. The van der Waals surface area contributed by atoms with Crippen molar-refractivity contribution in [3.8, 4) is 0 Å². The van der Waals surface area contributed by atoms with Crippen LogP contribution in [0.3, 0.4) is 0 Å². The summed E-state index contributed by atoms with van der Waals surface area (Å²) < 4.78 is 0. The van der Waals surface area contributed by atoms with Crippen LogP contribution in [0.4, 0.5) is 5.82 Å². The maximum absolute atomic E-state index is 12.8. The highest BCUT2D eigenvalue weighted by Gasteiger charge is 2.21. The van der Waals surface area contributed by atoms with Gasteiger partial charge in [-0.2, -0.15) is 0 Å². The number of hydrogen-bond acceptors (Lipinski definition) is 4. The number of hydrogen-bond donors (Lipinski definition) is 0. The Bertz CT molecular complexity index is 691. The third-order valence-electron chi connectivity index (χ3n) is 4.53. The summed E-state index contributed by atoms with van der Waals surface area (Å²) in [6, 6.07) is 12.2. The fourth-order valence-electron chi connectivity index (χ4n) is 3.29. The van der Waals surface area contributed by atoms with E-state index in [4.69, 9.17) is 0 Å². The lowest BCUT2D eigenvalue weighted by atomic mass is 10.1. The zero-order valence-corrected chi connectivity index (χ0v) is 15.1.